The van der Waals surface area contributed by atoms with Crippen molar-refractivity contribution in [3.8, 4) is 0 Å². The summed E-state index contributed by atoms with van der Waals surface area (Å²) in [6, 6.07) is 7.35. The van der Waals surface area contributed by atoms with Gasteiger partial charge in [0.2, 0.25) is 0 Å². The Morgan fingerprint density at radius 3 is 2.32 bits per heavy atom. The van der Waals surface area contributed by atoms with Gasteiger partial charge in [0.15, 0.2) is 0 Å². The largest absolute Gasteiger partial charge is 0.478 e. The minimum absolute atomic E-state index is 0.170. The lowest BCUT2D eigenvalue weighted by atomic mass is 10.2. The number of carboxylic acid groups (broad SMARTS) is 1. The number of rotatable bonds is 2. The van der Waals surface area contributed by atoms with E-state index in [1.54, 1.807) is 19.9 Å². The number of aromatic carboxylic acids is 1. The summed E-state index contributed by atoms with van der Waals surface area (Å²) < 4.78 is 1.26. The molecule has 0 saturated heterocycles. The molecule has 1 amide bonds. The standard InChI is InChI=1S/C13H13N3O3/c1-8-7-9(2)16(15-8)13(19)14-11-5-3-10(4-6-11)12(17)18/h3-7H,1-2H3,(H,14,19)(H,17,18). The number of hydrogen-bond donors (Lipinski definition) is 2. The van der Waals surface area contributed by atoms with Gasteiger partial charge in [-0.3, -0.25) is 0 Å². The molecule has 1 aromatic heterocycles. The zero-order valence-electron chi connectivity index (χ0n) is 10.5. The molecular weight excluding hydrogens is 246 g/mol. The molecule has 2 rings (SSSR count). The Morgan fingerprint density at radius 2 is 1.84 bits per heavy atom. The maximum atomic E-state index is 11.9. The minimum Gasteiger partial charge on any atom is -0.478 e. The van der Waals surface area contributed by atoms with E-state index in [1.165, 1.54) is 28.9 Å². The van der Waals surface area contributed by atoms with Gasteiger partial charge >= 0.3 is 12.0 Å². The highest BCUT2D eigenvalue weighted by Crippen LogP contribution is 2.11. The van der Waals surface area contributed by atoms with Crippen LogP contribution in [0, 0.1) is 13.8 Å². The molecule has 1 heterocycles. The third-order valence-corrected chi connectivity index (χ3v) is 2.59. The first-order valence-electron chi connectivity index (χ1n) is 5.65. The van der Waals surface area contributed by atoms with Gasteiger partial charge in [0.25, 0.3) is 0 Å². The fraction of sp³-hybridized carbons (Fsp3) is 0.154. The van der Waals surface area contributed by atoms with Gasteiger partial charge < -0.3 is 10.4 Å². The Balaban J connectivity index is 2.15. The second-order valence-corrected chi connectivity index (χ2v) is 4.15. The van der Waals surface area contributed by atoms with Crippen molar-refractivity contribution in [2.24, 2.45) is 0 Å². The lowest BCUT2D eigenvalue weighted by Crippen LogP contribution is -2.21. The lowest BCUT2D eigenvalue weighted by molar-refractivity contribution is 0.0697. The molecule has 6 heteroatoms. The number of aromatic nitrogens is 2. The first kappa shape index (κ1) is 12.8. The van der Waals surface area contributed by atoms with E-state index in [1.807, 2.05) is 0 Å². The van der Waals surface area contributed by atoms with Gasteiger partial charge in [-0.2, -0.15) is 9.78 Å². The predicted molar refractivity (Wildman–Crippen MR) is 69.5 cm³/mol. The maximum Gasteiger partial charge on any atom is 0.346 e. The van der Waals surface area contributed by atoms with Crippen LogP contribution in [0.15, 0.2) is 30.3 Å². The van der Waals surface area contributed by atoms with E-state index in [-0.39, 0.29) is 11.6 Å². The van der Waals surface area contributed by atoms with Crippen LogP contribution in [-0.2, 0) is 0 Å². The summed E-state index contributed by atoms with van der Waals surface area (Å²) in [5.41, 5.74) is 2.18. The Labute approximate surface area is 109 Å². The van der Waals surface area contributed by atoms with Gasteiger partial charge in [-0.25, -0.2) is 9.59 Å². The number of amides is 1. The first-order valence-corrected chi connectivity index (χ1v) is 5.65. The summed E-state index contributed by atoms with van der Waals surface area (Å²) in [4.78, 5) is 22.6. The number of nitrogens with zero attached hydrogens (tertiary/aromatic N) is 2. The second kappa shape index (κ2) is 4.93. The van der Waals surface area contributed by atoms with Crippen molar-refractivity contribution < 1.29 is 14.7 Å². The number of carbonyl (C=O) groups is 2. The van der Waals surface area contributed by atoms with Crippen LogP contribution in [0.4, 0.5) is 10.5 Å². The van der Waals surface area contributed by atoms with Gasteiger partial charge in [0.1, 0.15) is 0 Å². The van der Waals surface area contributed by atoms with Crippen molar-refractivity contribution in [2.45, 2.75) is 13.8 Å². The zero-order chi connectivity index (χ0) is 14.0. The monoisotopic (exact) mass is 259 g/mol. The topological polar surface area (TPSA) is 84.2 Å². The molecule has 0 unspecified atom stereocenters. The summed E-state index contributed by atoms with van der Waals surface area (Å²) in [6.45, 7) is 3.59. The van der Waals surface area contributed by atoms with Crippen LogP contribution in [0.2, 0.25) is 0 Å². The quantitative estimate of drug-likeness (QED) is 0.866. The van der Waals surface area contributed by atoms with Crippen LogP contribution in [0.5, 0.6) is 0 Å². The lowest BCUT2D eigenvalue weighted by Gasteiger charge is -2.06. The zero-order valence-corrected chi connectivity index (χ0v) is 10.5. The van der Waals surface area contributed by atoms with Gasteiger partial charge in [-0.1, -0.05) is 0 Å². The number of nitrogens with one attached hydrogen (secondary N) is 1. The summed E-state index contributed by atoms with van der Waals surface area (Å²) in [5.74, 6) is -1.00. The van der Waals surface area contributed by atoms with Crippen LogP contribution in [-0.4, -0.2) is 26.9 Å². The number of carboxylic acids is 1. The molecule has 0 aliphatic carbocycles. The molecule has 0 spiro atoms. The fourth-order valence-corrected chi connectivity index (χ4v) is 1.71. The van der Waals surface area contributed by atoms with Gasteiger partial charge in [-0.05, 0) is 44.2 Å². The average molecular weight is 259 g/mol. The third-order valence-electron chi connectivity index (χ3n) is 2.59. The molecule has 98 valence electrons. The average Bonchev–Trinajstić information content (AvgIpc) is 2.69. The SMILES string of the molecule is Cc1cc(C)n(C(=O)Nc2ccc(C(=O)O)cc2)n1. The fourth-order valence-electron chi connectivity index (χ4n) is 1.71. The van der Waals surface area contributed by atoms with Gasteiger partial charge in [0, 0.05) is 11.4 Å². The van der Waals surface area contributed by atoms with E-state index >= 15 is 0 Å². The molecule has 0 aliphatic rings. The van der Waals surface area contributed by atoms with Crippen LogP contribution in [0.25, 0.3) is 0 Å². The Bertz CT molecular complexity index is 629. The van der Waals surface area contributed by atoms with Crippen LogP contribution in [0.1, 0.15) is 21.7 Å². The van der Waals surface area contributed by atoms with Crippen LogP contribution >= 0.6 is 0 Å². The van der Waals surface area contributed by atoms with Crippen molar-refractivity contribution >= 4 is 17.7 Å². The van der Waals surface area contributed by atoms with E-state index in [9.17, 15) is 9.59 Å². The van der Waals surface area contributed by atoms with E-state index in [2.05, 4.69) is 10.4 Å². The predicted octanol–water partition coefficient (Wildman–Crippen LogP) is 2.28. The Morgan fingerprint density at radius 1 is 1.21 bits per heavy atom. The smallest absolute Gasteiger partial charge is 0.346 e. The van der Waals surface area contributed by atoms with Crippen molar-refractivity contribution in [1.82, 2.24) is 9.78 Å². The van der Waals surface area contributed by atoms with Crippen LogP contribution in [0.3, 0.4) is 0 Å². The number of carbonyl (C=O) groups excluding carboxylic acids is 1. The van der Waals surface area contributed by atoms with E-state index in [0.29, 0.717) is 5.69 Å². The molecule has 0 atom stereocenters. The van der Waals surface area contributed by atoms with Gasteiger partial charge in [0.05, 0.1) is 11.3 Å². The molecular formula is C13H13N3O3. The van der Waals surface area contributed by atoms with Crippen molar-refractivity contribution in [3.05, 3.63) is 47.3 Å². The molecule has 1 aromatic carbocycles. The van der Waals surface area contributed by atoms with Crippen molar-refractivity contribution in [2.75, 3.05) is 5.32 Å². The molecule has 0 aliphatic heterocycles. The Hall–Kier alpha value is -2.63. The maximum absolute atomic E-state index is 11.9. The molecule has 2 N–H and O–H groups in total. The highest BCUT2D eigenvalue weighted by atomic mass is 16.4. The summed E-state index contributed by atoms with van der Waals surface area (Å²) in [7, 11) is 0. The summed E-state index contributed by atoms with van der Waals surface area (Å²) >= 11 is 0. The highest BCUT2D eigenvalue weighted by Gasteiger charge is 2.10. The molecule has 2 aromatic rings. The summed E-state index contributed by atoms with van der Waals surface area (Å²) in [6.07, 6.45) is 0. The van der Waals surface area contributed by atoms with Crippen LogP contribution < -0.4 is 5.32 Å². The Kier molecular flexibility index (Phi) is 3.33. The van der Waals surface area contributed by atoms with Crippen molar-refractivity contribution in [1.29, 1.82) is 0 Å². The minimum atomic E-state index is -1.00. The number of benzene rings is 1. The number of aryl methyl sites for hydroxylation is 2. The van der Waals surface area contributed by atoms with Crippen molar-refractivity contribution in [3.63, 3.8) is 0 Å². The molecule has 19 heavy (non-hydrogen) atoms. The summed E-state index contributed by atoms with van der Waals surface area (Å²) in [5, 5.41) is 15.5. The molecule has 0 fully saturated rings. The highest BCUT2D eigenvalue weighted by molar-refractivity contribution is 5.92. The first-order chi connectivity index (χ1) is 8.97. The normalized spacial score (nSPS) is 10.2. The van der Waals surface area contributed by atoms with E-state index in [4.69, 9.17) is 5.11 Å². The molecule has 0 radical (unpaired) electrons. The molecule has 6 nitrogen and oxygen atoms in total. The number of anilines is 1. The molecule has 0 saturated carbocycles. The second-order valence-electron chi connectivity index (χ2n) is 4.15. The number of hydrogen-bond acceptors (Lipinski definition) is 3. The molecule has 0 bridgehead atoms. The third kappa shape index (κ3) is 2.79. The van der Waals surface area contributed by atoms with Gasteiger partial charge in [-0.15, -0.1) is 0 Å². The van der Waals surface area contributed by atoms with E-state index in [0.717, 1.165) is 11.4 Å². The van der Waals surface area contributed by atoms with E-state index < -0.39 is 5.97 Å².